The fraction of sp³-hybridized carbons (Fsp3) is 0.810. The number of hydrogen-bond acceptors (Lipinski definition) is 3. The van der Waals surface area contributed by atoms with Crippen molar-refractivity contribution in [3.05, 3.63) is 23.8 Å². The first-order chi connectivity index (χ1) is 12.5. The van der Waals surface area contributed by atoms with E-state index >= 15 is 0 Å². The minimum absolute atomic E-state index is 0.239. The van der Waals surface area contributed by atoms with Gasteiger partial charge < -0.3 is 9.84 Å². The van der Waals surface area contributed by atoms with Crippen LogP contribution in [-0.2, 0) is 4.74 Å². The molecule has 0 aromatic heterocycles. The van der Waals surface area contributed by atoms with Crippen LogP contribution >= 0.6 is 0 Å². The molecule has 1 heterocycles. The molecule has 0 radical (unpaired) electrons. The summed E-state index contributed by atoms with van der Waals surface area (Å²) in [6, 6.07) is 0. The summed E-state index contributed by atoms with van der Waals surface area (Å²) in [7, 11) is 0. The Hall–Kier alpha value is -0.850. The smallest absolute Gasteiger partial charge is 0.356 e. The molecule has 2 fully saturated rings. The first-order valence-electron chi connectivity index (χ1n) is 10.1. The fourth-order valence-corrected chi connectivity index (χ4v) is 4.79. The average Bonchev–Trinajstić information content (AvgIpc) is 2.52. The van der Waals surface area contributed by atoms with Crippen molar-refractivity contribution in [2.45, 2.75) is 71.1 Å². The van der Waals surface area contributed by atoms with Crippen LogP contribution in [0.5, 0.6) is 0 Å². The summed E-state index contributed by atoms with van der Waals surface area (Å²) < 4.78 is 44.0. The highest BCUT2D eigenvalue weighted by molar-refractivity contribution is 5.28. The molecule has 3 aliphatic rings. The SMILES string of the molecule is CC(C)(C)OC(O)N1CCC(C2CCC2C2C=CC(C(F)(F)F)=CC2)CC1. The normalized spacial score (nSPS) is 32.1. The van der Waals surface area contributed by atoms with Crippen LogP contribution < -0.4 is 0 Å². The molecule has 0 aromatic carbocycles. The molecule has 3 rings (SSSR count). The van der Waals surface area contributed by atoms with E-state index in [0.29, 0.717) is 24.2 Å². The van der Waals surface area contributed by atoms with Crippen LogP contribution in [0.3, 0.4) is 0 Å². The molecule has 0 spiro atoms. The Kier molecular flexibility index (Phi) is 6.09. The quantitative estimate of drug-likeness (QED) is 0.698. The Morgan fingerprint density at radius 3 is 2.15 bits per heavy atom. The molecular formula is C21H32F3NO2. The molecule has 0 amide bonds. The summed E-state index contributed by atoms with van der Waals surface area (Å²) in [6.45, 7) is 7.41. The Balaban J connectivity index is 1.49. The van der Waals surface area contributed by atoms with Gasteiger partial charge in [0.25, 0.3) is 0 Å². The van der Waals surface area contributed by atoms with Crippen molar-refractivity contribution in [2.75, 3.05) is 13.1 Å². The van der Waals surface area contributed by atoms with Gasteiger partial charge in [0.2, 0.25) is 6.41 Å². The molecule has 2 aliphatic carbocycles. The van der Waals surface area contributed by atoms with Gasteiger partial charge >= 0.3 is 6.18 Å². The van der Waals surface area contributed by atoms with Crippen LogP contribution in [0, 0.1) is 23.7 Å². The monoisotopic (exact) mass is 387 g/mol. The van der Waals surface area contributed by atoms with Crippen LogP contribution in [0.2, 0.25) is 0 Å². The summed E-state index contributed by atoms with van der Waals surface area (Å²) in [5.41, 5.74) is -0.887. The maximum Gasteiger partial charge on any atom is 0.416 e. The summed E-state index contributed by atoms with van der Waals surface area (Å²) in [6.07, 6.45) is 4.16. The Morgan fingerprint density at radius 2 is 1.70 bits per heavy atom. The number of aliphatic hydroxyl groups is 1. The van der Waals surface area contributed by atoms with E-state index in [0.717, 1.165) is 32.4 Å². The number of alkyl halides is 3. The molecule has 1 aliphatic heterocycles. The van der Waals surface area contributed by atoms with Crippen molar-refractivity contribution in [3.8, 4) is 0 Å². The fourth-order valence-electron chi connectivity index (χ4n) is 4.79. The molecule has 3 nitrogen and oxygen atoms in total. The largest absolute Gasteiger partial charge is 0.416 e. The van der Waals surface area contributed by atoms with Crippen molar-refractivity contribution >= 4 is 0 Å². The Labute approximate surface area is 160 Å². The number of piperidine rings is 1. The number of aliphatic hydroxyl groups excluding tert-OH is 1. The number of likely N-dealkylation sites (tertiary alicyclic amines) is 1. The molecule has 0 bridgehead atoms. The van der Waals surface area contributed by atoms with Gasteiger partial charge in [-0.1, -0.05) is 18.2 Å². The lowest BCUT2D eigenvalue weighted by Gasteiger charge is -2.48. The standard InChI is InChI=1S/C21H32F3NO2/c1-20(2,3)27-19(26)25-12-10-15(11-13-25)18-9-8-17(18)14-4-6-16(7-5-14)21(22,23)24/h4,6-7,14-15,17-19,26H,5,8-13H2,1-3H3. The molecule has 1 N–H and O–H groups in total. The molecule has 1 saturated carbocycles. The molecule has 6 heteroatoms. The van der Waals surface area contributed by atoms with Gasteiger partial charge in [0.1, 0.15) is 0 Å². The van der Waals surface area contributed by atoms with Gasteiger partial charge in [0, 0.05) is 13.1 Å². The number of rotatable bonds is 4. The second-order valence-corrected chi connectivity index (χ2v) is 9.25. The zero-order chi connectivity index (χ0) is 19.8. The van der Waals surface area contributed by atoms with Gasteiger partial charge in [-0.25, -0.2) is 0 Å². The van der Waals surface area contributed by atoms with E-state index in [1.165, 1.54) is 18.6 Å². The third kappa shape index (κ3) is 5.15. The van der Waals surface area contributed by atoms with Gasteiger partial charge in [0.05, 0.1) is 11.2 Å². The summed E-state index contributed by atoms with van der Waals surface area (Å²) in [5.74, 6) is 1.94. The van der Waals surface area contributed by atoms with E-state index in [-0.39, 0.29) is 11.5 Å². The second kappa shape index (κ2) is 7.88. The van der Waals surface area contributed by atoms with Crippen molar-refractivity contribution in [1.29, 1.82) is 0 Å². The Morgan fingerprint density at radius 1 is 1.07 bits per heavy atom. The first-order valence-corrected chi connectivity index (χ1v) is 10.1. The van der Waals surface area contributed by atoms with Crippen LogP contribution in [0.1, 0.15) is 52.9 Å². The van der Waals surface area contributed by atoms with E-state index in [2.05, 4.69) is 0 Å². The third-order valence-corrected chi connectivity index (χ3v) is 6.34. The highest BCUT2D eigenvalue weighted by atomic mass is 19.4. The number of ether oxygens (including phenoxy) is 1. The average molecular weight is 387 g/mol. The van der Waals surface area contributed by atoms with Crippen LogP contribution in [0.25, 0.3) is 0 Å². The van der Waals surface area contributed by atoms with E-state index in [9.17, 15) is 18.3 Å². The molecule has 1 saturated heterocycles. The predicted molar refractivity (Wildman–Crippen MR) is 98.7 cm³/mol. The molecule has 4 unspecified atom stereocenters. The minimum Gasteiger partial charge on any atom is -0.356 e. The summed E-state index contributed by atoms with van der Waals surface area (Å²) >= 11 is 0. The van der Waals surface area contributed by atoms with Gasteiger partial charge in [-0.15, -0.1) is 0 Å². The lowest BCUT2D eigenvalue weighted by atomic mass is 9.59. The highest BCUT2D eigenvalue weighted by Gasteiger charge is 2.43. The van der Waals surface area contributed by atoms with Gasteiger partial charge in [-0.3, -0.25) is 4.90 Å². The maximum absolute atomic E-state index is 12.8. The van der Waals surface area contributed by atoms with Crippen LogP contribution in [0.15, 0.2) is 23.8 Å². The molecule has 154 valence electrons. The van der Waals surface area contributed by atoms with E-state index < -0.39 is 18.2 Å². The summed E-state index contributed by atoms with van der Waals surface area (Å²) in [5, 5.41) is 10.2. The lowest BCUT2D eigenvalue weighted by molar-refractivity contribution is -0.244. The number of hydrogen-bond donors (Lipinski definition) is 1. The number of nitrogens with zero attached hydrogens (tertiary/aromatic N) is 1. The van der Waals surface area contributed by atoms with Crippen molar-refractivity contribution < 1.29 is 23.0 Å². The highest BCUT2D eigenvalue weighted by Crippen LogP contribution is 2.49. The van der Waals surface area contributed by atoms with E-state index in [1.54, 1.807) is 6.08 Å². The van der Waals surface area contributed by atoms with Gasteiger partial charge in [-0.2, -0.15) is 13.2 Å². The van der Waals surface area contributed by atoms with Crippen molar-refractivity contribution in [1.82, 2.24) is 4.90 Å². The predicted octanol–water partition coefficient (Wildman–Crippen LogP) is 4.88. The molecular weight excluding hydrogens is 355 g/mol. The van der Waals surface area contributed by atoms with Crippen molar-refractivity contribution in [2.24, 2.45) is 23.7 Å². The zero-order valence-electron chi connectivity index (χ0n) is 16.5. The van der Waals surface area contributed by atoms with Crippen LogP contribution in [-0.4, -0.2) is 41.3 Å². The lowest BCUT2D eigenvalue weighted by Crippen LogP contribution is -2.48. The van der Waals surface area contributed by atoms with E-state index in [1.807, 2.05) is 25.7 Å². The molecule has 4 atom stereocenters. The minimum atomic E-state index is -4.23. The second-order valence-electron chi connectivity index (χ2n) is 9.25. The van der Waals surface area contributed by atoms with Gasteiger partial charge in [-0.05, 0) is 76.5 Å². The maximum atomic E-state index is 12.8. The van der Waals surface area contributed by atoms with Crippen LogP contribution in [0.4, 0.5) is 13.2 Å². The van der Waals surface area contributed by atoms with E-state index in [4.69, 9.17) is 4.74 Å². The summed E-state index contributed by atoms with van der Waals surface area (Å²) in [4.78, 5) is 1.98. The number of halogens is 3. The zero-order valence-corrected chi connectivity index (χ0v) is 16.5. The van der Waals surface area contributed by atoms with Gasteiger partial charge in [0.15, 0.2) is 0 Å². The molecule has 0 aromatic rings. The topological polar surface area (TPSA) is 32.7 Å². The first kappa shape index (κ1) is 20.9. The third-order valence-electron chi connectivity index (χ3n) is 6.34. The molecule has 27 heavy (non-hydrogen) atoms. The van der Waals surface area contributed by atoms with Crippen molar-refractivity contribution in [3.63, 3.8) is 0 Å². The number of allylic oxidation sites excluding steroid dienone is 4. The Bertz CT molecular complexity index is 571.